The molecular formula is C21H27NO2. The Labute approximate surface area is 144 Å². The van der Waals surface area contributed by atoms with Crippen molar-refractivity contribution in [1.29, 1.82) is 0 Å². The lowest BCUT2D eigenvalue weighted by molar-refractivity contribution is 0.0924. The molecule has 2 unspecified atom stereocenters. The summed E-state index contributed by atoms with van der Waals surface area (Å²) in [4.78, 5) is 15.3. The number of carbonyl (C=O) groups is 1. The van der Waals surface area contributed by atoms with Gasteiger partial charge in [-0.15, -0.1) is 0 Å². The maximum Gasteiger partial charge on any atom is 0.198 e. The smallest absolute Gasteiger partial charge is 0.198 e. The van der Waals surface area contributed by atoms with Crippen LogP contribution in [0.4, 0.5) is 0 Å². The number of Topliss-reactive ketones (excluding diaryl/α,β-unsaturated/α-hetero) is 1. The number of piperidine rings is 2. The summed E-state index contributed by atoms with van der Waals surface area (Å²) in [5, 5.41) is 1.16. The maximum absolute atomic E-state index is 12.7. The highest BCUT2D eigenvalue weighted by molar-refractivity contribution is 6.00. The number of nitrogens with zero attached hydrogens (tertiary/aromatic N) is 1. The Bertz CT molecular complexity index is 733. The van der Waals surface area contributed by atoms with Crippen LogP contribution in [-0.2, 0) is 0 Å². The molecule has 0 N–H and O–H groups in total. The van der Waals surface area contributed by atoms with Crippen LogP contribution in [0.2, 0.25) is 0 Å². The average molecular weight is 325 g/mol. The average Bonchev–Trinajstić information content (AvgIpc) is 3.01. The molecule has 2 aliphatic heterocycles. The summed E-state index contributed by atoms with van der Waals surface area (Å²) in [5.74, 6) is 1.28. The number of furan rings is 1. The van der Waals surface area contributed by atoms with Gasteiger partial charge >= 0.3 is 0 Å². The summed E-state index contributed by atoms with van der Waals surface area (Å²) >= 11 is 0. The first kappa shape index (κ1) is 15.9. The molecule has 1 aromatic carbocycles. The van der Waals surface area contributed by atoms with Crippen molar-refractivity contribution in [2.75, 3.05) is 13.1 Å². The first-order chi connectivity index (χ1) is 11.8. The first-order valence-corrected chi connectivity index (χ1v) is 9.56. The molecule has 3 heterocycles. The Balaban J connectivity index is 1.71. The summed E-state index contributed by atoms with van der Waals surface area (Å²) in [6.45, 7) is 4.47. The van der Waals surface area contributed by atoms with Crippen LogP contribution in [0.25, 0.3) is 11.0 Å². The van der Waals surface area contributed by atoms with E-state index in [1.807, 2.05) is 12.1 Å². The van der Waals surface area contributed by atoms with E-state index >= 15 is 0 Å². The molecule has 2 atom stereocenters. The number of hydrogen-bond donors (Lipinski definition) is 0. The molecule has 24 heavy (non-hydrogen) atoms. The number of carbonyl (C=O) groups excluding carboxylic acids is 1. The molecule has 2 saturated heterocycles. The van der Waals surface area contributed by atoms with Gasteiger partial charge in [-0.05, 0) is 57.2 Å². The van der Waals surface area contributed by atoms with E-state index < -0.39 is 0 Å². The topological polar surface area (TPSA) is 33.5 Å². The third-order valence-corrected chi connectivity index (χ3v) is 5.84. The Hall–Kier alpha value is -1.61. The first-order valence-electron chi connectivity index (χ1n) is 9.56. The molecule has 128 valence electrons. The summed E-state index contributed by atoms with van der Waals surface area (Å²) < 4.78 is 6.04. The van der Waals surface area contributed by atoms with Crippen molar-refractivity contribution in [2.45, 2.75) is 63.8 Å². The van der Waals surface area contributed by atoms with Gasteiger partial charge in [-0.1, -0.05) is 31.5 Å². The van der Waals surface area contributed by atoms with E-state index in [1.54, 1.807) is 0 Å². The van der Waals surface area contributed by atoms with Crippen molar-refractivity contribution in [3.05, 3.63) is 35.6 Å². The second kappa shape index (κ2) is 6.72. The predicted octanol–water partition coefficient (Wildman–Crippen LogP) is 5.15. The molecule has 0 bridgehead atoms. The van der Waals surface area contributed by atoms with E-state index in [9.17, 15) is 4.79 Å². The molecule has 1 aromatic heterocycles. The van der Waals surface area contributed by atoms with Gasteiger partial charge in [-0.3, -0.25) is 4.79 Å². The van der Waals surface area contributed by atoms with E-state index in [0.717, 1.165) is 30.4 Å². The van der Waals surface area contributed by atoms with Crippen LogP contribution in [0.3, 0.4) is 0 Å². The monoisotopic (exact) mass is 325 g/mol. The molecule has 0 saturated carbocycles. The fourth-order valence-corrected chi connectivity index (χ4v) is 4.67. The normalized spacial score (nSPS) is 24.9. The Morgan fingerprint density at radius 2 is 2.08 bits per heavy atom. The van der Waals surface area contributed by atoms with Gasteiger partial charge in [0.2, 0.25) is 0 Å². The molecule has 4 rings (SSSR count). The molecular weight excluding hydrogens is 298 g/mol. The van der Waals surface area contributed by atoms with Crippen LogP contribution in [0, 0.1) is 0 Å². The van der Waals surface area contributed by atoms with Crippen LogP contribution in [0.15, 0.2) is 28.7 Å². The number of hydrogen-bond acceptors (Lipinski definition) is 3. The van der Waals surface area contributed by atoms with Crippen LogP contribution in [-0.4, -0.2) is 29.8 Å². The Kier molecular flexibility index (Phi) is 4.45. The minimum atomic E-state index is 0.176. The summed E-state index contributed by atoms with van der Waals surface area (Å²) in [7, 11) is 0. The number of ketones is 1. The van der Waals surface area contributed by atoms with Crippen molar-refractivity contribution in [3.8, 4) is 0 Å². The van der Waals surface area contributed by atoms with Crippen LogP contribution in [0.5, 0.6) is 0 Å². The molecule has 0 spiro atoms. The molecule has 3 heteroatoms. The summed E-state index contributed by atoms with van der Waals surface area (Å²) in [6, 6.07) is 8.88. The predicted molar refractivity (Wildman–Crippen MR) is 96.6 cm³/mol. The van der Waals surface area contributed by atoms with Gasteiger partial charge in [0.25, 0.3) is 0 Å². The van der Waals surface area contributed by atoms with Gasteiger partial charge in [-0.25, -0.2) is 0 Å². The maximum atomic E-state index is 12.7. The Morgan fingerprint density at radius 1 is 1.21 bits per heavy atom. The zero-order valence-electron chi connectivity index (χ0n) is 14.6. The summed E-state index contributed by atoms with van der Waals surface area (Å²) in [6.07, 6.45) is 7.77. The Morgan fingerprint density at radius 3 is 2.96 bits per heavy atom. The van der Waals surface area contributed by atoms with Crippen molar-refractivity contribution in [2.24, 2.45) is 0 Å². The number of fused-ring (bicyclic) bond motifs is 2. The SMILES string of the molecule is CCCC(=O)c1oc2ccccc2c1C1CCN2CCCCC2C1. The lowest BCUT2D eigenvalue weighted by Crippen LogP contribution is -2.44. The van der Waals surface area contributed by atoms with Crippen molar-refractivity contribution in [1.82, 2.24) is 4.90 Å². The van der Waals surface area contributed by atoms with Crippen molar-refractivity contribution < 1.29 is 9.21 Å². The van der Waals surface area contributed by atoms with E-state index in [1.165, 1.54) is 37.8 Å². The molecule has 3 nitrogen and oxygen atoms in total. The highest BCUT2D eigenvalue weighted by atomic mass is 16.3. The zero-order chi connectivity index (χ0) is 16.5. The van der Waals surface area contributed by atoms with Gasteiger partial charge < -0.3 is 9.32 Å². The second-order valence-electron chi connectivity index (χ2n) is 7.42. The molecule has 2 fully saturated rings. The van der Waals surface area contributed by atoms with Crippen molar-refractivity contribution in [3.63, 3.8) is 0 Å². The molecule has 0 radical (unpaired) electrons. The van der Waals surface area contributed by atoms with Crippen molar-refractivity contribution >= 4 is 16.8 Å². The highest BCUT2D eigenvalue weighted by Gasteiger charge is 2.34. The van der Waals surface area contributed by atoms with Gasteiger partial charge in [0, 0.05) is 23.4 Å². The van der Waals surface area contributed by atoms with E-state index in [-0.39, 0.29) is 5.78 Å². The minimum Gasteiger partial charge on any atom is -0.453 e. The number of rotatable bonds is 4. The highest BCUT2D eigenvalue weighted by Crippen LogP contribution is 2.41. The van der Waals surface area contributed by atoms with Crippen LogP contribution >= 0.6 is 0 Å². The fraction of sp³-hybridized carbons (Fsp3) is 0.571. The van der Waals surface area contributed by atoms with Gasteiger partial charge in [0.15, 0.2) is 11.5 Å². The van der Waals surface area contributed by atoms with Gasteiger partial charge in [0.1, 0.15) is 5.58 Å². The minimum absolute atomic E-state index is 0.176. The quantitative estimate of drug-likeness (QED) is 0.729. The lowest BCUT2D eigenvalue weighted by atomic mass is 9.80. The van der Waals surface area contributed by atoms with Gasteiger partial charge in [-0.2, -0.15) is 0 Å². The standard InChI is InChI=1S/C21H27NO2/c1-2-7-18(23)21-20(17-9-3-4-10-19(17)24-21)15-11-13-22-12-6-5-8-16(22)14-15/h3-4,9-10,15-16H,2,5-8,11-14H2,1H3. The largest absolute Gasteiger partial charge is 0.453 e. The van der Waals surface area contributed by atoms with Gasteiger partial charge in [0.05, 0.1) is 0 Å². The molecule has 0 amide bonds. The third-order valence-electron chi connectivity index (χ3n) is 5.84. The lowest BCUT2D eigenvalue weighted by Gasteiger charge is -2.42. The fourth-order valence-electron chi connectivity index (χ4n) is 4.67. The van der Waals surface area contributed by atoms with E-state index in [2.05, 4.69) is 24.0 Å². The second-order valence-corrected chi connectivity index (χ2v) is 7.42. The van der Waals surface area contributed by atoms with E-state index in [4.69, 9.17) is 4.42 Å². The zero-order valence-corrected chi connectivity index (χ0v) is 14.6. The van der Waals surface area contributed by atoms with Crippen LogP contribution in [0.1, 0.15) is 73.9 Å². The molecule has 2 aliphatic rings. The third kappa shape index (κ3) is 2.79. The summed E-state index contributed by atoms with van der Waals surface area (Å²) in [5.41, 5.74) is 2.08. The number of para-hydroxylation sites is 1. The molecule has 0 aliphatic carbocycles. The number of benzene rings is 1. The van der Waals surface area contributed by atoms with Crippen LogP contribution < -0.4 is 0 Å². The van der Waals surface area contributed by atoms with E-state index in [0.29, 0.717) is 24.1 Å². The molecule has 2 aromatic rings.